The number of aromatic nitrogens is 1. The lowest BCUT2D eigenvalue weighted by atomic mass is 9.84. The summed E-state index contributed by atoms with van der Waals surface area (Å²) in [5.41, 5.74) is -0.608. The Labute approximate surface area is 255 Å². The maximum absolute atomic E-state index is 14.0. The first-order valence-corrected chi connectivity index (χ1v) is 14.0. The number of esters is 1. The molecule has 0 unspecified atom stereocenters. The summed E-state index contributed by atoms with van der Waals surface area (Å²) in [5, 5.41) is 10.3. The van der Waals surface area contributed by atoms with Gasteiger partial charge in [0.05, 0.1) is 19.3 Å². The van der Waals surface area contributed by atoms with Crippen molar-refractivity contribution in [1.29, 1.82) is 0 Å². The summed E-state index contributed by atoms with van der Waals surface area (Å²) in [6, 6.07) is 21.4. The Morgan fingerprint density at radius 1 is 0.818 bits per heavy atom. The molecule has 12 heteroatoms. The lowest BCUT2D eigenvalue weighted by molar-refractivity contribution is -0.145. The molecule has 0 aliphatic heterocycles. The Hall–Kier alpha value is -5.26. The number of methoxy groups -OCH3 is 1. The number of carbonyl (C=O) groups excluding carboxylic acids is 5. The summed E-state index contributed by atoms with van der Waals surface area (Å²) in [6.45, 7) is 2.77. The van der Waals surface area contributed by atoms with E-state index in [1.807, 2.05) is 32.0 Å². The molecule has 12 nitrogen and oxygen atoms in total. The molecule has 3 rings (SSSR count). The zero-order valence-electron chi connectivity index (χ0n) is 24.9. The number of carbonyl (C=O) groups is 5. The predicted molar refractivity (Wildman–Crippen MR) is 161 cm³/mol. The number of nitrogens with one attached hydrogen (secondary N) is 4. The second kappa shape index (κ2) is 16.4. The summed E-state index contributed by atoms with van der Waals surface area (Å²) >= 11 is 0. The molecule has 3 aromatic rings. The van der Waals surface area contributed by atoms with Gasteiger partial charge in [0.2, 0.25) is 11.8 Å². The Morgan fingerprint density at radius 3 is 2.07 bits per heavy atom. The van der Waals surface area contributed by atoms with E-state index in [1.165, 1.54) is 13.3 Å². The summed E-state index contributed by atoms with van der Waals surface area (Å²) < 4.78 is 9.97. The van der Waals surface area contributed by atoms with Gasteiger partial charge in [-0.05, 0) is 35.6 Å². The number of amides is 4. The number of pyridine rings is 1. The van der Waals surface area contributed by atoms with Crippen molar-refractivity contribution >= 4 is 29.8 Å². The summed E-state index contributed by atoms with van der Waals surface area (Å²) in [6.07, 6.45) is 0.978. The molecule has 2 aromatic carbocycles. The van der Waals surface area contributed by atoms with Crippen LogP contribution < -0.4 is 21.3 Å². The molecule has 1 heterocycles. The Bertz CT molecular complexity index is 1360. The standard InChI is InChI=1S/C32H37N5O7/c1-22(2)18-25(29(40)43-3)36-27(38)19-34-30(41)32(24-14-8-5-9-15-24,26-16-10-11-17-33-26)37-28(39)20-35-31(42)44-21-23-12-6-4-7-13-23/h4-17,22,25H,18-21H2,1-3H3,(H,34,41)(H,35,42)(H,36,38)(H,37,39)/t25-,32-/m0/s1. The van der Waals surface area contributed by atoms with Crippen LogP contribution in [0.2, 0.25) is 0 Å². The van der Waals surface area contributed by atoms with Gasteiger partial charge in [-0.15, -0.1) is 0 Å². The molecule has 4 N–H and O–H groups in total. The van der Waals surface area contributed by atoms with Crippen LogP contribution >= 0.6 is 0 Å². The van der Waals surface area contributed by atoms with Crippen molar-refractivity contribution in [3.8, 4) is 0 Å². The van der Waals surface area contributed by atoms with Crippen molar-refractivity contribution in [3.05, 3.63) is 102 Å². The molecule has 2 atom stereocenters. The van der Waals surface area contributed by atoms with Crippen LogP contribution in [0, 0.1) is 5.92 Å². The van der Waals surface area contributed by atoms with Gasteiger partial charge in [0.15, 0.2) is 5.54 Å². The van der Waals surface area contributed by atoms with Gasteiger partial charge >= 0.3 is 12.1 Å². The van der Waals surface area contributed by atoms with Crippen LogP contribution in [0.5, 0.6) is 0 Å². The highest BCUT2D eigenvalue weighted by Gasteiger charge is 2.45. The predicted octanol–water partition coefficient (Wildman–Crippen LogP) is 2.19. The van der Waals surface area contributed by atoms with Crippen molar-refractivity contribution in [2.45, 2.75) is 38.5 Å². The normalized spacial score (nSPS) is 12.6. The fourth-order valence-corrected chi connectivity index (χ4v) is 4.41. The molecule has 232 valence electrons. The van der Waals surface area contributed by atoms with Crippen LogP contribution in [0.3, 0.4) is 0 Å². The zero-order chi connectivity index (χ0) is 32.0. The van der Waals surface area contributed by atoms with Crippen LogP contribution in [0.15, 0.2) is 85.1 Å². The molecule has 0 saturated heterocycles. The molecule has 0 aliphatic rings. The second-order valence-corrected chi connectivity index (χ2v) is 10.2. The highest BCUT2D eigenvalue weighted by atomic mass is 16.5. The van der Waals surface area contributed by atoms with Crippen LogP contribution in [-0.2, 0) is 40.8 Å². The van der Waals surface area contributed by atoms with E-state index in [-0.39, 0.29) is 18.2 Å². The highest BCUT2D eigenvalue weighted by Crippen LogP contribution is 2.29. The lowest BCUT2D eigenvalue weighted by Crippen LogP contribution is -2.60. The minimum Gasteiger partial charge on any atom is -0.467 e. The van der Waals surface area contributed by atoms with Crippen LogP contribution in [-0.4, -0.2) is 61.0 Å². The minimum atomic E-state index is -1.89. The van der Waals surface area contributed by atoms with Crippen molar-refractivity contribution in [2.75, 3.05) is 20.2 Å². The van der Waals surface area contributed by atoms with E-state index in [2.05, 4.69) is 26.3 Å². The van der Waals surface area contributed by atoms with Gasteiger partial charge in [-0.1, -0.05) is 80.6 Å². The van der Waals surface area contributed by atoms with Crippen LogP contribution in [0.1, 0.15) is 37.1 Å². The van der Waals surface area contributed by atoms with E-state index < -0.39 is 54.5 Å². The summed E-state index contributed by atoms with van der Waals surface area (Å²) in [7, 11) is 1.23. The smallest absolute Gasteiger partial charge is 0.407 e. The average Bonchev–Trinajstić information content (AvgIpc) is 3.04. The third kappa shape index (κ3) is 9.38. The van der Waals surface area contributed by atoms with Gasteiger partial charge in [-0.2, -0.15) is 0 Å². The van der Waals surface area contributed by atoms with Crippen molar-refractivity contribution < 1.29 is 33.4 Å². The molecular formula is C32H37N5O7. The minimum absolute atomic E-state index is 0.00859. The van der Waals surface area contributed by atoms with E-state index in [0.717, 1.165) is 5.56 Å². The van der Waals surface area contributed by atoms with Crippen molar-refractivity contribution in [2.24, 2.45) is 5.92 Å². The third-order valence-electron chi connectivity index (χ3n) is 6.47. The van der Waals surface area contributed by atoms with E-state index in [9.17, 15) is 24.0 Å². The highest BCUT2D eigenvalue weighted by molar-refractivity contribution is 5.98. The van der Waals surface area contributed by atoms with Gasteiger partial charge in [-0.25, -0.2) is 9.59 Å². The number of benzene rings is 2. The molecule has 0 fully saturated rings. The van der Waals surface area contributed by atoms with E-state index in [1.54, 1.807) is 60.7 Å². The van der Waals surface area contributed by atoms with Crippen molar-refractivity contribution in [3.63, 3.8) is 0 Å². The van der Waals surface area contributed by atoms with E-state index >= 15 is 0 Å². The van der Waals surface area contributed by atoms with Gasteiger partial charge < -0.3 is 30.7 Å². The average molecular weight is 604 g/mol. The van der Waals surface area contributed by atoms with Gasteiger partial charge in [-0.3, -0.25) is 19.4 Å². The lowest BCUT2D eigenvalue weighted by Gasteiger charge is -2.33. The SMILES string of the molecule is COC(=O)[C@H](CC(C)C)NC(=O)CNC(=O)[C@](NC(=O)CNC(=O)OCc1ccccc1)(c1ccccc1)c1ccccn1. The van der Waals surface area contributed by atoms with E-state index in [4.69, 9.17) is 9.47 Å². The quantitative estimate of drug-likeness (QED) is 0.204. The topological polar surface area (TPSA) is 165 Å². The number of nitrogens with zero attached hydrogens (tertiary/aromatic N) is 1. The maximum Gasteiger partial charge on any atom is 0.407 e. The largest absolute Gasteiger partial charge is 0.467 e. The van der Waals surface area contributed by atoms with E-state index in [0.29, 0.717) is 12.0 Å². The molecular weight excluding hydrogens is 566 g/mol. The summed E-state index contributed by atoms with van der Waals surface area (Å²) in [4.78, 5) is 68.9. The summed E-state index contributed by atoms with van der Waals surface area (Å²) in [5.74, 6) is -2.64. The molecule has 1 aromatic heterocycles. The fraction of sp³-hybridized carbons (Fsp3) is 0.312. The monoisotopic (exact) mass is 603 g/mol. The maximum atomic E-state index is 14.0. The number of hydrogen-bond acceptors (Lipinski definition) is 8. The number of ether oxygens (including phenoxy) is 2. The molecule has 0 bridgehead atoms. The first-order valence-electron chi connectivity index (χ1n) is 14.0. The Kier molecular flexibility index (Phi) is 12.4. The molecule has 4 amide bonds. The molecule has 44 heavy (non-hydrogen) atoms. The van der Waals surface area contributed by atoms with Crippen LogP contribution in [0.4, 0.5) is 4.79 Å². The Morgan fingerprint density at radius 2 is 1.45 bits per heavy atom. The third-order valence-corrected chi connectivity index (χ3v) is 6.47. The molecule has 0 spiro atoms. The Balaban J connectivity index is 1.80. The molecule has 0 aliphatic carbocycles. The van der Waals surface area contributed by atoms with Gasteiger partial charge in [0.25, 0.3) is 5.91 Å². The zero-order valence-corrected chi connectivity index (χ0v) is 24.9. The fourth-order valence-electron chi connectivity index (χ4n) is 4.41. The number of hydrogen-bond donors (Lipinski definition) is 4. The number of rotatable bonds is 14. The van der Waals surface area contributed by atoms with Crippen molar-refractivity contribution in [1.82, 2.24) is 26.3 Å². The molecule has 0 saturated carbocycles. The second-order valence-electron chi connectivity index (χ2n) is 10.2. The molecule has 0 radical (unpaired) electrons. The van der Waals surface area contributed by atoms with Crippen LogP contribution in [0.25, 0.3) is 0 Å². The van der Waals surface area contributed by atoms with Gasteiger partial charge in [0.1, 0.15) is 19.2 Å². The first-order chi connectivity index (χ1) is 21.1. The van der Waals surface area contributed by atoms with Gasteiger partial charge in [0, 0.05) is 6.20 Å². The number of alkyl carbamates (subject to hydrolysis) is 1. The first kappa shape index (κ1) is 33.2.